The Labute approximate surface area is 120 Å². The van der Waals surface area contributed by atoms with Crippen LogP contribution in [0.15, 0.2) is 0 Å². The minimum absolute atomic E-state index is 0.675. The van der Waals surface area contributed by atoms with Crippen LogP contribution < -0.4 is 0 Å². The van der Waals surface area contributed by atoms with Crippen molar-refractivity contribution in [2.75, 3.05) is 6.26 Å². The highest BCUT2D eigenvalue weighted by molar-refractivity contribution is 7.97. The van der Waals surface area contributed by atoms with Gasteiger partial charge in [0.1, 0.15) is 5.01 Å². The largest absolute Gasteiger partial charge is 0.300 e. The maximum absolute atomic E-state index is 5.23. The number of H-pyrrole nitrogens is 1. The van der Waals surface area contributed by atoms with Gasteiger partial charge in [0.15, 0.2) is 10.6 Å². The predicted molar refractivity (Wildman–Crippen MR) is 80.8 cm³/mol. The quantitative estimate of drug-likeness (QED) is 0.858. The molecule has 2 aromatic rings. The summed E-state index contributed by atoms with van der Waals surface area (Å²) < 4.78 is 2.69. The summed E-state index contributed by atoms with van der Waals surface area (Å²) >= 11 is 8.75. The number of aromatic amines is 1. The molecule has 2 aromatic heterocycles. The van der Waals surface area contributed by atoms with Crippen LogP contribution in [0, 0.1) is 4.77 Å². The molecule has 0 aliphatic carbocycles. The van der Waals surface area contributed by atoms with Crippen LogP contribution in [0.2, 0.25) is 0 Å². The molecule has 0 aliphatic heterocycles. The number of nitrogens with one attached hydrogen (secondary N) is 1. The van der Waals surface area contributed by atoms with Crippen molar-refractivity contribution < 1.29 is 0 Å². The minimum atomic E-state index is 0.675. The molecular formula is C11H16N4S3. The topological polar surface area (TPSA) is 46.5 Å². The molecular weight excluding hydrogens is 284 g/mol. The first-order valence-corrected chi connectivity index (χ1v) is 8.46. The summed E-state index contributed by atoms with van der Waals surface area (Å²) in [6.45, 7) is 5.02. The summed E-state index contributed by atoms with van der Waals surface area (Å²) in [5.41, 5.74) is 1.12. The van der Waals surface area contributed by atoms with Gasteiger partial charge in [-0.3, -0.25) is 9.67 Å². The second-order valence-electron chi connectivity index (χ2n) is 3.77. The molecule has 0 unspecified atom stereocenters. The molecule has 2 heterocycles. The van der Waals surface area contributed by atoms with Gasteiger partial charge in [0, 0.05) is 12.3 Å². The fraction of sp³-hybridized carbons (Fsp3) is 0.545. The standard InChI is InChI=1S/C11H16N4S3/c1-4-7-9(18-8(12-7)6-17-3)10-13-14-11(16)15(10)5-2/h4-6H2,1-3H3,(H,14,16). The van der Waals surface area contributed by atoms with Crippen LogP contribution in [0.3, 0.4) is 0 Å². The van der Waals surface area contributed by atoms with Crippen molar-refractivity contribution in [3.8, 4) is 10.7 Å². The fourth-order valence-corrected chi connectivity index (χ4v) is 3.89. The van der Waals surface area contributed by atoms with Crippen LogP contribution in [0.1, 0.15) is 24.5 Å². The zero-order valence-corrected chi connectivity index (χ0v) is 13.1. The normalized spacial score (nSPS) is 11.1. The summed E-state index contributed by atoms with van der Waals surface area (Å²) in [7, 11) is 0. The smallest absolute Gasteiger partial charge is 0.195 e. The third kappa shape index (κ3) is 2.53. The van der Waals surface area contributed by atoms with Gasteiger partial charge in [0.05, 0.1) is 10.6 Å². The molecule has 0 saturated heterocycles. The Morgan fingerprint density at radius 1 is 1.44 bits per heavy atom. The molecule has 0 atom stereocenters. The lowest BCUT2D eigenvalue weighted by Gasteiger charge is -2.01. The molecule has 0 spiro atoms. The van der Waals surface area contributed by atoms with Crippen LogP contribution in [0.25, 0.3) is 10.7 Å². The summed E-state index contributed by atoms with van der Waals surface area (Å²) in [6.07, 6.45) is 3.01. The monoisotopic (exact) mass is 300 g/mol. The molecule has 0 bridgehead atoms. The number of aromatic nitrogens is 4. The molecule has 98 valence electrons. The molecule has 2 rings (SSSR count). The van der Waals surface area contributed by atoms with Crippen LogP contribution in [0.4, 0.5) is 0 Å². The number of thiazole rings is 1. The van der Waals surface area contributed by atoms with Gasteiger partial charge >= 0.3 is 0 Å². The van der Waals surface area contributed by atoms with E-state index >= 15 is 0 Å². The number of rotatable bonds is 5. The van der Waals surface area contributed by atoms with Gasteiger partial charge in [0.25, 0.3) is 0 Å². The highest BCUT2D eigenvalue weighted by atomic mass is 32.2. The molecule has 0 aliphatic rings. The number of nitrogens with zero attached hydrogens (tertiary/aromatic N) is 3. The lowest BCUT2D eigenvalue weighted by molar-refractivity contribution is 0.755. The number of aryl methyl sites for hydroxylation is 1. The fourth-order valence-electron chi connectivity index (χ4n) is 1.78. The first kappa shape index (κ1) is 13.8. The first-order chi connectivity index (χ1) is 8.71. The molecule has 0 amide bonds. The van der Waals surface area contributed by atoms with Crippen molar-refractivity contribution in [3.63, 3.8) is 0 Å². The van der Waals surface area contributed by atoms with Gasteiger partial charge in [-0.25, -0.2) is 4.98 Å². The first-order valence-electron chi connectivity index (χ1n) is 5.84. The second kappa shape index (κ2) is 5.99. The second-order valence-corrected chi connectivity index (χ2v) is 6.10. The van der Waals surface area contributed by atoms with Gasteiger partial charge in [-0.05, 0) is 31.8 Å². The van der Waals surface area contributed by atoms with Crippen molar-refractivity contribution >= 4 is 35.3 Å². The summed E-state index contributed by atoms with van der Waals surface area (Å²) in [4.78, 5) is 5.82. The Hall–Kier alpha value is -0.660. The Balaban J connectivity index is 2.51. The molecule has 0 aromatic carbocycles. The predicted octanol–water partition coefficient (Wildman–Crippen LogP) is 3.51. The lowest BCUT2D eigenvalue weighted by atomic mass is 10.3. The number of hydrogen-bond acceptors (Lipinski definition) is 5. The highest BCUT2D eigenvalue weighted by Gasteiger charge is 2.16. The zero-order valence-electron chi connectivity index (χ0n) is 10.7. The zero-order chi connectivity index (χ0) is 13.1. The van der Waals surface area contributed by atoms with E-state index in [4.69, 9.17) is 12.2 Å². The van der Waals surface area contributed by atoms with Crippen molar-refractivity contribution in [3.05, 3.63) is 15.5 Å². The van der Waals surface area contributed by atoms with Crippen molar-refractivity contribution in [1.29, 1.82) is 0 Å². The van der Waals surface area contributed by atoms with Gasteiger partial charge in [0.2, 0.25) is 0 Å². The van der Waals surface area contributed by atoms with E-state index < -0.39 is 0 Å². The van der Waals surface area contributed by atoms with E-state index in [-0.39, 0.29) is 0 Å². The van der Waals surface area contributed by atoms with Crippen molar-refractivity contribution in [1.82, 2.24) is 19.7 Å². The number of thioether (sulfide) groups is 1. The molecule has 0 radical (unpaired) electrons. The molecule has 4 nitrogen and oxygen atoms in total. The molecule has 1 N–H and O–H groups in total. The van der Waals surface area contributed by atoms with Crippen molar-refractivity contribution in [2.24, 2.45) is 0 Å². The van der Waals surface area contributed by atoms with Gasteiger partial charge in [-0.1, -0.05) is 6.92 Å². The molecule has 18 heavy (non-hydrogen) atoms. The Morgan fingerprint density at radius 2 is 2.22 bits per heavy atom. The maximum atomic E-state index is 5.23. The van der Waals surface area contributed by atoms with Crippen LogP contribution in [0.5, 0.6) is 0 Å². The number of hydrogen-bond donors (Lipinski definition) is 1. The third-order valence-electron chi connectivity index (χ3n) is 2.62. The van der Waals surface area contributed by atoms with Gasteiger partial charge < -0.3 is 0 Å². The summed E-state index contributed by atoms with van der Waals surface area (Å²) in [5, 5.41) is 8.38. The van der Waals surface area contributed by atoms with E-state index in [2.05, 4.69) is 35.3 Å². The van der Waals surface area contributed by atoms with Crippen LogP contribution in [-0.4, -0.2) is 26.0 Å². The van der Waals surface area contributed by atoms with E-state index in [0.717, 1.165) is 40.1 Å². The Kier molecular flexibility index (Phi) is 4.58. The minimum Gasteiger partial charge on any atom is -0.300 e. The van der Waals surface area contributed by atoms with E-state index in [0.29, 0.717) is 4.77 Å². The van der Waals surface area contributed by atoms with Crippen LogP contribution >= 0.6 is 35.3 Å². The molecule has 0 saturated carbocycles. The van der Waals surface area contributed by atoms with Crippen LogP contribution in [-0.2, 0) is 18.7 Å². The van der Waals surface area contributed by atoms with E-state index in [9.17, 15) is 0 Å². The van der Waals surface area contributed by atoms with Gasteiger partial charge in [-0.2, -0.15) is 16.9 Å². The third-order valence-corrected chi connectivity index (χ3v) is 4.77. The van der Waals surface area contributed by atoms with E-state index in [1.807, 2.05) is 4.57 Å². The molecule has 0 fully saturated rings. The average molecular weight is 300 g/mol. The average Bonchev–Trinajstić information content (AvgIpc) is 2.92. The SMILES string of the molecule is CCc1nc(CSC)sc1-c1n[nH]c(=S)n1CC. The Bertz CT molecular complexity index is 581. The summed E-state index contributed by atoms with van der Waals surface area (Å²) in [6, 6.07) is 0. The molecule has 7 heteroatoms. The van der Waals surface area contributed by atoms with Gasteiger partial charge in [-0.15, -0.1) is 11.3 Å². The highest BCUT2D eigenvalue weighted by Crippen LogP contribution is 2.31. The maximum Gasteiger partial charge on any atom is 0.195 e. The van der Waals surface area contributed by atoms with E-state index in [1.54, 1.807) is 23.1 Å². The van der Waals surface area contributed by atoms with Crippen molar-refractivity contribution in [2.45, 2.75) is 32.6 Å². The summed E-state index contributed by atoms with van der Waals surface area (Å²) in [5.74, 6) is 1.87. The van der Waals surface area contributed by atoms with E-state index in [1.165, 1.54) is 0 Å². The Morgan fingerprint density at radius 3 is 2.83 bits per heavy atom. The lowest BCUT2D eigenvalue weighted by Crippen LogP contribution is -1.98.